The topological polar surface area (TPSA) is 49.4 Å². The third-order valence-electron chi connectivity index (χ3n) is 6.09. The van der Waals surface area contributed by atoms with Crippen LogP contribution in [0.5, 0.6) is 0 Å². The SMILES string of the molecule is CCC(=O)CCCN1CCC2(CCC(C(=O)NC(C)C)CC2)CC1. The number of rotatable bonds is 7. The number of Topliss-reactive ketones (excluding diaryl/α,β-unsaturated/α-hetero) is 1. The van der Waals surface area contributed by atoms with Crippen molar-refractivity contribution in [3.05, 3.63) is 0 Å². The molecule has 2 aliphatic rings. The van der Waals surface area contributed by atoms with Gasteiger partial charge in [0.15, 0.2) is 0 Å². The van der Waals surface area contributed by atoms with E-state index in [4.69, 9.17) is 0 Å². The van der Waals surface area contributed by atoms with Crippen LogP contribution in [0.1, 0.15) is 78.6 Å². The van der Waals surface area contributed by atoms with Gasteiger partial charge in [0, 0.05) is 24.8 Å². The summed E-state index contributed by atoms with van der Waals surface area (Å²) < 4.78 is 0. The van der Waals surface area contributed by atoms with E-state index >= 15 is 0 Å². The Bertz CT molecular complexity index is 415. The van der Waals surface area contributed by atoms with Crippen molar-refractivity contribution in [2.45, 2.75) is 84.6 Å². The maximum atomic E-state index is 12.2. The van der Waals surface area contributed by atoms with Gasteiger partial charge in [0.1, 0.15) is 5.78 Å². The van der Waals surface area contributed by atoms with Gasteiger partial charge in [-0.2, -0.15) is 0 Å². The molecule has 2 fully saturated rings. The van der Waals surface area contributed by atoms with Crippen LogP contribution in [0, 0.1) is 11.3 Å². The third kappa shape index (κ3) is 5.58. The summed E-state index contributed by atoms with van der Waals surface area (Å²) in [6.07, 6.45) is 9.51. The summed E-state index contributed by atoms with van der Waals surface area (Å²) in [5.74, 6) is 0.885. The Kier molecular flexibility index (Phi) is 7.27. The van der Waals surface area contributed by atoms with E-state index in [0.29, 0.717) is 17.6 Å². The van der Waals surface area contributed by atoms with Gasteiger partial charge in [0.05, 0.1) is 0 Å². The second-order valence-electron chi connectivity index (χ2n) is 8.27. The fourth-order valence-corrected chi connectivity index (χ4v) is 4.32. The van der Waals surface area contributed by atoms with E-state index in [9.17, 15) is 9.59 Å². The molecule has 1 N–H and O–H groups in total. The van der Waals surface area contributed by atoms with E-state index in [1.165, 1.54) is 38.8 Å². The molecule has 0 radical (unpaired) electrons. The minimum Gasteiger partial charge on any atom is -0.354 e. The molecule has 0 atom stereocenters. The van der Waals surface area contributed by atoms with Crippen molar-refractivity contribution in [3.63, 3.8) is 0 Å². The Balaban J connectivity index is 1.69. The molecule has 0 aromatic carbocycles. The summed E-state index contributed by atoms with van der Waals surface area (Å²) in [4.78, 5) is 26.1. The Morgan fingerprint density at radius 2 is 1.75 bits per heavy atom. The van der Waals surface area contributed by atoms with Crippen LogP contribution in [-0.2, 0) is 9.59 Å². The molecule has 24 heavy (non-hydrogen) atoms. The van der Waals surface area contributed by atoms with Crippen LogP contribution < -0.4 is 5.32 Å². The number of carbonyl (C=O) groups is 2. The first-order valence-electron chi connectivity index (χ1n) is 9.98. The molecule has 1 heterocycles. The van der Waals surface area contributed by atoms with Crippen LogP contribution in [0.3, 0.4) is 0 Å². The van der Waals surface area contributed by atoms with Crippen LogP contribution in [0.2, 0.25) is 0 Å². The predicted molar refractivity (Wildman–Crippen MR) is 97.9 cm³/mol. The smallest absolute Gasteiger partial charge is 0.223 e. The van der Waals surface area contributed by atoms with E-state index in [0.717, 1.165) is 32.2 Å². The number of carbonyl (C=O) groups excluding carboxylic acids is 2. The third-order valence-corrected chi connectivity index (χ3v) is 6.09. The molecular formula is C20H36N2O2. The monoisotopic (exact) mass is 336 g/mol. The summed E-state index contributed by atoms with van der Waals surface area (Å²) in [6.45, 7) is 9.43. The summed E-state index contributed by atoms with van der Waals surface area (Å²) in [6, 6.07) is 0.246. The lowest BCUT2D eigenvalue weighted by Gasteiger charge is -2.45. The molecule has 138 valence electrons. The molecule has 0 aromatic rings. The second kappa shape index (κ2) is 8.98. The van der Waals surface area contributed by atoms with Crippen molar-refractivity contribution in [1.82, 2.24) is 10.2 Å². The first kappa shape index (κ1) is 19.4. The average Bonchev–Trinajstić information content (AvgIpc) is 2.56. The fraction of sp³-hybridized carbons (Fsp3) is 0.900. The molecule has 0 unspecified atom stereocenters. The zero-order chi connectivity index (χ0) is 17.6. The van der Waals surface area contributed by atoms with Gasteiger partial charge in [-0.15, -0.1) is 0 Å². The highest BCUT2D eigenvalue weighted by molar-refractivity contribution is 5.79. The molecule has 2 rings (SSSR count). The van der Waals surface area contributed by atoms with Gasteiger partial charge in [-0.1, -0.05) is 6.92 Å². The number of piperidine rings is 1. The predicted octanol–water partition coefficient (Wildman–Crippen LogP) is 3.54. The minimum absolute atomic E-state index is 0.233. The molecule has 0 bridgehead atoms. The maximum absolute atomic E-state index is 12.2. The van der Waals surface area contributed by atoms with Gasteiger partial charge in [-0.25, -0.2) is 0 Å². The summed E-state index contributed by atoms with van der Waals surface area (Å²) >= 11 is 0. The van der Waals surface area contributed by atoms with Gasteiger partial charge in [0.25, 0.3) is 0 Å². The van der Waals surface area contributed by atoms with Crippen LogP contribution in [0.15, 0.2) is 0 Å². The zero-order valence-corrected chi connectivity index (χ0v) is 15.9. The number of nitrogens with one attached hydrogen (secondary N) is 1. The lowest BCUT2D eigenvalue weighted by molar-refractivity contribution is -0.127. The fourth-order valence-electron chi connectivity index (χ4n) is 4.32. The van der Waals surface area contributed by atoms with Gasteiger partial charge in [0.2, 0.25) is 5.91 Å². The molecule has 1 saturated carbocycles. The van der Waals surface area contributed by atoms with Crippen molar-refractivity contribution in [3.8, 4) is 0 Å². The highest BCUT2D eigenvalue weighted by Gasteiger charge is 2.39. The Labute approximate surface area is 147 Å². The van der Waals surface area contributed by atoms with Crippen molar-refractivity contribution < 1.29 is 9.59 Å². The largest absolute Gasteiger partial charge is 0.354 e. The van der Waals surface area contributed by atoms with Crippen LogP contribution in [-0.4, -0.2) is 42.3 Å². The average molecular weight is 337 g/mol. The van der Waals surface area contributed by atoms with Crippen molar-refractivity contribution in [1.29, 1.82) is 0 Å². The Hall–Kier alpha value is -0.900. The van der Waals surface area contributed by atoms with Crippen molar-refractivity contribution in [2.24, 2.45) is 11.3 Å². The first-order chi connectivity index (χ1) is 11.4. The number of nitrogens with zero attached hydrogens (tertiary/aromatic N) is 1. The summed E-state index contributed by atoms with van der Waals surface area (Å²) in [5.41, 5.74) is 0.490. The second-order valence-corrected chi connectivity index (χ2v) is 8.27. The number of ketones is 1. The minimum atomic E-state index is 0.233. The molecular weight excluding hydrogens is 300 g/mol. The number of hydrogen-bond acceptors (Lipinski definition) is 3. The molecule has 0 aromatic heterocycles. The Morgan fingerprint density at radius 3 is 2.29 bits per heavy atom. The van der Waals surface area contributed by atoms with E-state index in [2.05, 4.69) is 10.2 Å². The molecule has 4 nitrogen and oxygen atoms in total. The van der Waals surface area contributed by atoms with Crippen molar-refractivity contribution in [2.75, 3.05) is 19.6 Å². The van der Waals surface area contributed by atoms with Gasteiger partial charge in [-0.3, -0.25) is 9.59 Å². The normalized spacial score (nSPS) is 22.0. The standard InChI is InChI=1S/C20H36N2O2/c1-4-18(23)6-5-13-22-14-11-20(12-15-22)9-7-17(8-10-20)19(24)21-16(2)3/h16-17H,4-15H2,1-3H3,(H,21,24). The number of amides is 1. The number of hydrogen-bond donors (Lipinski definition) is 1. The van der Waals surface area contributed by atoms with Crippen LogP contribution >= 0.6 is 0 Å². The highest BCUT2D eigenvalue weighted by atomic mass is 16.2. The number of likely N-dealkylation sites (tertiary alicyclic amines) is 1. The summed E-state index contributed by atoms with van der Waals surface area (Å²) in [7, 11) is 0. The quantitative estimate of drug-likeness (QED) is 0.773. The zero-order valence-electron chi connectivity index (χ0n) is 15.9. The van der Waals surface area contributed by atoms with Crippen molar-refractivity contribution >= 4 is 11.7 Å². The van der Waals surface area contributed by atoms with Crippen LogP contribution in [0.25, 0.3) is 0 Å². The van der Waals surface area contributed by atoms with E-state index in [1.807, 2.05) is 20.8 Å². The van der Waals surface area contributed by atoms with E-state index < -0.39 is 0 Å². The molecule has 1 aliphatic carbocycles. The molecule has 4 heteroatoms. The lowest BCUT2D eigenvalue weighted by atomic mass is 9.65. The van der Waals surface area contributed by atoms with Gasteiger partial charge in [-0.05, 0) is 83.8 Å². The van der Waals surface area contributed by atoms with E-state index in [1.54, 1.807) is 0 Å². The first-order valence-corrected chi connectivity index (χ1v) is 9.98. The van der Waals surface area contributed by atoms with E-state index in [-0.39, 0.29) is 17.9 Å². The molecule has 1 saturated heterocycles. The lowest BCUT2D eigenvalue weighted by Crippen LogP contribution is -2.44. The highest BCUT2D eigenvalue weighted by Crippen LogP contribution is 2.46. The van der Waals surface area contributed by atoms with Gasteiger partial charge >= 0.3 is 0 Å². The summed E-state index contributed by atoms with van der Waals surface area (Å²) in [5, 5.41) is 3.07. The molecule has 1 amide bonds. The Morgan fingerprint density at radius 1 is 1.12 bits per heavy atom. The molecule has 1 spiro atoms. The maximum Gasteiger partial charge on any atom is 0.223 e. The van der Waals surface area contributed by atoms with Gasteiger partial charge < -0.3 is 10.2 Å². The molecule has 1 aliphatic heterocycles. The van der Waals surface area contributed by atoms with Crippen LogP contribution in [0.4, 0.5) is 0 Å².